The maximum atomic E-state index is 12.4. The molecule has 1 aliphatic rings. The lowest BCUT2D eigenvalue weighted by molar-refractivity contribution is 0.0951. The molecule has 5 aromatic rings. The van der Waals surface area contributed by atoms with Crippen LogP contribution in [0.1, 0.15) is 34.3 Å². The van der Waals surface area contributed by atoms with Crippen molar-refractivity contribution in [3.05, 3.63) is 108 Å². The highest BCUT2D eigenvalue weighted by atomic mass is 16.1. The zero-order valence-corrected chi connectivity index (χ0v) is 20.1. The minimum atomic E-state index is -0.0135. The van der Waals surface area contributed by atoms with E-state index in [1.165, 1.54) is 11.1 Å². The molecule has 1 fully saturated rings. The van der Waals surface area contributed by atoms with E-state index in [9.17, 15) is 4.79 Å². The number of anilines is 1. The maximum Gasteiger partial charge on any atom is 0.251 e. The Bertz CT molecular complexity index is 1540. The Labute approximate surface area is 210 Å². The van der Waals surface area contributed by atoms with Gasteiger partial charge in [-0.05, 0) is 43.0 Å². The summed E-state index contributed by atoms with van der Waals surface area (Å²) in [5, 5.41) is 6.57. The molecule has 36 heavy (non-hydrogen) atoms. The molecule has 178 valence electrons. The molecular weight excluding hydrogens is 446 g/mol. The summed E-state index contributed by atoms with van der Waals surface area (Å²) in [6, 6.07) is 26.5. The van der Waals surface area contributed by atoms with E-state index in [1.54, 1.807) is 0 Å². The Kier molecular flexibility index (Phi) is 5.70. The summed E-state index contributed by atoms with van der Waals surface area (Å²) in [6.45, 7) is 2.77. The van der Waals surface area contributed by atoms with Crippen LogP contribution in [0, 0.1) is 6.92 Å². The van der Waals surface area contributed by atoms with E-state index >= 15 is 0 Å². The van der Waals surface area contributed by atoms with Crippen LogP contribution in [0.5, 0.6) is 0 Å². The van der Waals surface area contributed by atoms with E-state index in [0.717, 1.165) is 46.8 Å². The molecule has 6 rings (SSSR count). The van der Waals surface area contributed by atoms with Crippen LogP contribution in [0.15, 0.2) is 91.3 Å². The average Bonchev–Trinajstić information content (AvgIpc) is 3.63. The van der Waals surface area contributed by atoms with Crippen molar-refractivity contribution < 1.29 is 4.79 Å². The Balaban J connectivity index is 1.38. The molecule has 0 radical (unpaired) electrons. The maximum absolute atomic E-state index is 12.4. The van der Waals surface area contributed by atoms with Crippen LogP contribution in [0.2, 0.25) is 0 Å². The number of hydrogen-bond acceptors (Lipinski definition) is 4. The Morgan fingerprint density at radius 1 is 0.944 bits per heavy atom. The highest BCUT2D eigenvalue weighted by Gasteiger charge is 2.23. The van der Waals surface area contributed by atoms with E-state index in [0.29, 0.717) is 18.2 Å². The molecule has 1 saturated carbocycles. The molecule has 1 amide bonds. The van der Waals surface area contributed by atoms with Gasteiger partial charge in [0.1, 0.15) is 0 Å². The van der Waals surface area contributed by atoms with Crippen LogP contribution in [0.4, 0.5) is 5.82 Å². The van der Waals surface area contributed by atoms with Crippen LogP contribution in [0.25, 0.3) is 28.2 Å². The summed E-state index contributed by atoms with van der Waals surface area (Å²) in [6.07, 6.45) is 6.04. The minimum Gasteiger partial charge on any atom is -0.363 e. The van der Waals surface area contributed by atoms with Gasteiger partial charge in [0.05, 0.1) is 17.6 Å². The van der Waals surface area contributed by atoms with Crippen molar-refractivity contribution in [1.82, 2.24) is 19.7 Å². The van der Waals surface area contributed by atoms with Crippen molar-refractivity contribution in [2.75, 3.05) is 5.32 Å². The number of imidazole rings is 1. The fourth-order valence-electron chi connectivity index (χ4n) is 4.34. The van der Waals surface area contributed by atoms with Crippen LogP contribution in [0.3, 0.4) is 0 Å². The number of aryl methyl sites for hydroxylation is 1. The summed E-state index contributed by atoms with van der Waals surface area (Å²) in [4.78, 5) is 22.1. The van der Waals surface area contributed by atoms with Gasteiger partial charge in [0, 0.05) is 35.5 Å². The summed E-state index contributed by atoms with van der Waals surface area (Å²) >= 11 is 0. The van der Waals surface area contributed by atoms with Gasteiger partial charge in [-0.1, -0.05) is 66.7 Å². The Morgan fingerprint density at radius 2 is 1.69 bits per heavy atom. The fraction of sp³-hybridized carbons (Fsp3) is 0.167. The summed E-state index contributed by atoms with van der Waals surface area (Å²) in [5.74, 6) is 0.715. The number of carbonyl (C=O) groups excluding carboxylic acids is 1. The van der Waals surface area contributed by atoms with E-state index in [1.807, 2.05) is 60.9 Å². The van der Waals surface area contributed by atoms with Gasteiger partial charge < -0.3 is 10.6 Å². The first-order valence-electron chi connectivity index (χ1n) is 12.3. The number of amides is 1. The predicted octanol–water partition coefficient (Wildman–Crippen LogP) is 5.88. The second kappa shape index (κ2) is 9.30. The van der Waals surface area contributed by atoms with Crippen LogP contribution in [-0.4, -0.2) is 26.3 Å². The summed E-state index contributed by atoms with van der Waals surface area (Å²) < 4.78 is 2.08. The Hall–Kier alpha value is -4.45. The molecule has 2 heterocycles. The van der Waals surface area contributed by atoms with Gasteiger partial charge in [0.15, 0.2) is 11.5 Å². The highest BCUT2D eigenvalue weighted by molar-refractivity contribution is 5.95. The lowest BCUT2D eigenvalue weighted by Gasteiger charge is -2.12. The quantitative estimate of drug-likeness (QED) is 0.310. The van der Waals surface area contributed by atoms with Crippen molar-refractivity contribution in [1.29, 1.82) is 0 Å². The first kappa shape index (κ1) is 22.0. The number of fused-ring (bicyclic) bond motifs is 1. The number of rotatable bonds is 7. The topological polar surface area (TPSA) is 71.3 Å². The van der Waals surface area contributed by atoms with Gasteiger partial charge in [0.2, 0.25) is 0 Å². The van der Waals surface area contributed by atoms with Crippen LogP contribution >= 0.6 is 0 Å². The SMILES string of the molecule is Cc1ccccc1CNc1nc(-c2ccccc2)cn2c(-c3ccc(C(=O)NC4CC4)cc3)cnc12. The molecule has 2 N–H and O–H groups in total. The molecule has 6 nitrogen and oxygen atoms in total. The monoisotopic (exact) mass is 473 g/mol. The van der Waals surface area contributed by atoms with E-state index in [4.69, 9.17) is 9.97 Å². The second-order valence-electron chi connectivity index (χ2n) is 9.28. The second-order valence-corrected chi connectivity index (χ2v) is 9.28. The third-order valence-corrected chi connectivity index (χ3v) is 6.62. The first-order chi connectivity index (χ1) is 17.7. The van der Waals surface area contributed by atoms with Crippen LogP contribution in [-0.2, 0) is 6.54 Å². The van der Waals surface area contributed by atoms with Gasteiger partial charge in [0.25, 0.3) is 5.91 Å². The minimum absolute atomic E-state index is 0.0135. The van der Waals surface area contributed by atoms with E-state index in [2.05, 4.69) is 52.3 Å². The largest absolute Gasteiger partial charge is 0.363 e. The van der Waals surface area contributed by atoms with Gasteiger partial charge in [-0.3, -0.25) is 9.20 Å². The number of nitrogens with zero attached hydrogens (tertiary/aromatic N) is 3. The number of benzene rings is 3. The lowest BCUT2D eigenvalue weighted by Crippen LogP contribution is -2.25. The molecule has 3 aromatic carbocycles. The van der Waals surface area contributed by atoms with Crippen molar-refractivity contribution >= 4 is 17.4 Å². The first-order valence-corrected chi connectivity index (χ1v) is 12.3. The summed E-state index contributed by atoms with van der Waals surface area (Å²) in [7, 11) is 0. The highest BCUT2D eigenvalue weighted by Crippen LogP contribution is 2.28. The predicted molar refractivity (Wildman–Crippen MR) is 143 cm³/mol. The number of hydrogen-bond donors (Lipinski definition) is 2. The van der Waals surface area contributed by atoms with E-state index in [-0.39, 0.29) is 5.91 Å². The molecule has 2 aromatic heterocycles. The molecule has 0 spiro atoms. The molecule has 0 saturated heterocycles. The van der Waals surface area contributed by atoms with Gasteiger partial charge >= 0.3 is 0 Å². The molecule has 0 aliphatic heterocycles. The molecule has 1 aliphatic carbocycles. The lowest BCUT2D eigenvalue weighted by atomic mass is 10.1. The number of nitrogens with one attached hydrogen (secondary N) is 2. The van der Waals surface area contributed by atoms with Gasteiger partial charge in [-0.2, -0.15) is 0 Å². The summed E-state index contributed by atoms with van der Waals surface area (Å²) in [5.41, 5.74) is 7.70. The third-order valence-electron chi connectivity index (χ3n) is 6.62. The Morgan fingerprint density at radius 3 is 2.44 bits per heavy atom. The third kappa shape index (κ3) is 4.45. The van der Waals surface area contributed by atoms with Crippen molar-refractivity contribution in [2.45, 2.75) is 32.4 Å². The fourth-order valence-corrected chi connectivity index (χ4v) is 4.34. The zero-order valence-electron chi connectivity index (χ0n) is 20.1. The zero-order chi connectivity index (χ0) is 24.5. The van der Waals surface area contributed by atoms with Gasteiger partial charge in [-0.25, -0.2) is 9.97 Å². The average molecular weight is 474 g/mol. The molecule has 0 atom stereocenters. The molecule has 0 unspecified atom stereocenters. The van der Waals surface area contributed by atoms with E-state index < -0.39 is 0 Å². The van der Waals surface area contributed by atoms with Crippen LogP contribution < -0.4 is 10.6 Å². The molecular formula is C30H27N5O. The molecule has 0 bridgehead atoms. The normalized spacial score (nSPS) is 13.0. The molecule has 6 heteroatoms. The number of carbonyl (C=O) groups is 1. The van der Waals surface area contributed by atoms with Crippen molar-refractivity contribution in [3.63, 3.8) is 0 Å². The van der Waals surface area contributed by atoms with Crippen molar-refractivity contribution in [3.8, 4) is 22.5 Å². The van der Waals surface area contributed by atoms with Crippen molar-refractivity contribution in [2.24, 2.45) is 0 Å². The smallest absolute Gasteiger partial charge is 0.251 e. The standard InChI is InChI=1S/C30H27N5O/c1-20-7-5-6-10-24(20)17-31-28-29-32-18-27(35(29)19-26(34-28)21-8-3-2-4-9-21)22-11-13-23(14-12-22)30(36)33-25-15-16-25/h2-14,18-19,25H,15-17H2,1H3,(H,31,34)(H,33,36). The van der Waals surface area contributed by atoms with Gasteiger partial charge in [-0.15, -0.1) is 0 Å². The number of aromatic nitrogens is 3.